The van der Waals surface area contributed by atoms with Crippen LogP contribution in [0.4, 0.5) is 0 Å². The second kappa shape index (κ2) is 69.2. The SMILES string of the molecule is CC/C=C\C/C=C\C/C=C\C/C=C\CCCCC(=O)OCC(COP(=O)(O)OCC(O)COP(=O)(O)OCC(COC(=O)CCCCCCCCC/C=C\C/C=C\C/C=C\CC)OC(=O)CCCCCCC/C=C\CCCCCC)OC(=O)CCCCCCC/C=C\CCCC. The summed E-state index contributed by atoms with van der Waals surface area (Å²) < 4.78 is 68.3. The summed E-state index contributed by atoms with van der Waals surface area (Å²) in [6.45, 7) is 4.51. The maximum atomic E-state index is 13.1. The standard InChI is InChI=1S/C77H132O17P2/c1-5-9-13-17-21-25-29-32-34-35-37-40-43-46-50-54-58-62-75(80)88-68-73(94-77(82)64-60-56-52-48-44-38-31-27-23-19-15-11-7-3)70-92-96(85,86)90-66-71(78)65-89-95(83,84)91-69-72(93-76(81)63-59-55-51-47-41-28-24-20-16-12-8-4)67-87-74(79)61-57-53-49-45-42-39-36-33-30-26-22-18-14-10-6-2/h9-10,13-14,20-22,24-27,31-34,36,42,45,71-73,78H,5-8,11-12,15-19,23,28-30,35,37-41,43-44,46-70H2,1-4H3,(H,83,84)(H,85,86)/b13-9-,14-10-,24-20-,25-21-,26-22-,31-27-,34-32-,36-33-,45-42-. The van der Waals surface area contributed by atoms with Crippen LogP contribution in [0.5, 0.6) is 0 Å². The van der Waals surface area contributed by atoms with Gasteiger partial charge in [0.15, 0.2) is 12.2 Å². The number of phosphoric acid groups is 2. The Hall–Kier alpha value is -4.28. The van der Waals surface area contributed by atoms with E-state index in [4.69, 9.17) is 37.0 Å². The van der Waals surface area contributed by atoms with Crippen LogP contribution < -0.4 is 0 Å². The molecule has 0 aliphatic rings. The average Bonchev–Trinajstić information content (AvgIpc) is 1.10. The molecule has 0 aromatic rings. The Morgan fingerprint density at radius 1 is 0.302 bits per heavy atom. The molecule has 0 rings (SSSR count). The van der Waals surface area contributed by atoms with Crippen LogP contribution >= 0.6 is 15.6 Å². The van der Waals surface area contributed by atoms with Gasteiger partial charge in [-0.25, -0.2) is 9.13 Å². The third kappa shape index (κ3) is 68.3. The Balaban J connectivity index is 5.35. The predicted octanol–water partition coefficient (Wildman–Crippen LogP) is 21.0. The highest BCUT2D eigenvalue weighted by molar-refractivity contribution is 7.47. The predicted molar refractivity (Wildman–Crippen MR) is 390 cm³/mol. The average molecular weight is 1390 g/mol. The Bertz CT molecular complexity index is 2250. The lowest BCUT2D eigenvalue weighted by Crippen LogP contribution is -2.30. The quantitative estimate of drug-likeness (QED) is 0.0169. The van der Waals surface area contributed by atoms with E-state index < -0.39 is 97.5 Å². The van der Waals surface area contributed by atoms with Crippen LogP contribution in [0.3, 0.4) is 0 Å². The number of ether oxygens (including phenoxy) is 4. The summed E-state index contributed by atoms with van der Waals surface area (Å²) in [6, 6.07) is 0. The molecule has 0 aromatic carbocycles. The highest BCUT2D eigenvalue weighted by Gasteiger charge is 2.30. The van der Waals surface area contributed by atoms with Crippen LogP contribution in [-0.4, -0.2) is 96.7 Å². The molecule has 0 saturated heterocycles. The minimum Gasteiger partial charge on any atom is -0.462 e. The first-order chi connectivity index (χ1) is 46.7. The van der Waals surface area contributed by atoms with E-state index >= 15 is 0 Å². The molecule has 0 aromatic heterocycles. The Labute approximate surface area is 581 Å². The van der Waals surface area contributed by atoms with Crippen LogP contribution in [0.25, 0.3) is 0 Å². The van der Waals surface area contributed by atoms with E-state index in [0.29, 0.717) is 25.7 Å². The number of hydrogen-bond donors (Lipinski definition) is 3. The zero-order valence-electron chi connectivity index (χ0n) is 60.0. The van der Waals surface area contributed by atoms with Crippen molar-refractivity contribution in [2.24, 2.45) is 0 Å². The lowest BCUT2D eigenvalue weighted by molar-refractivity contribution is -0.161. The number of aliphatic hydroxyl groups is 1. The molecule has 0 bridgehead atoms. The van der Waals surface area contributed by atoms with Gasteiger partial charge in [-0.05, 0) is 141 Å². The van der Waals surface area contributed by atoms with Crippen molar-refractivity contribution in [1.29, 1.82) is 0 Å². The second-order valence-electron chi connectivity index (χ2n) is 24.5. The number of unbranched alkanes of at least 4 members (excludes halogenated alkanes) is 25. The smallest absolute Gasteiger partial charge is 0.462 e. The van der Waals surface area contributed by atoms with Gasteiger partial charge in [0, 0.05) is 25.7 Å². The van der Waals surface area contributed by atoms with Gasteiger partial charge in [-0.1, -0.05) is 240 Å². The summed E-state index contributed by atoms with van der Waals surface area (Å²) in [7, 11) is -9.96. The molecule has 0 radical (unpaired) electrons. The zero-order chi connectivity index (χ0) is 70.4. The first-order valence-electron chi connectivity index (χ1n) is 37.1. The molecule has 3 N–H and O–H groups in total. The Morgan fingerprint density at radius 3 is 0.896 bits per heavy atom. The van der Waals surface area contributed by atoms with Gasteiger partial charge in [-0.15, -0.1) is 0 Å². The van der Waals surface area contributed by atoms with Crippen molar-refractivity contribution in [3.63, 3.8) is 0 Å². The first-order valence-corrected chi connectivity index (χ1v) is 40.1. The van der Waals surface area contributed by atoms with Gasteiger partial charge in [-0.3, -0.25) is 37.3 Å². The van der Waals surface area contributed by atoms with Crippen molar-refractivity contribution < 1.29 is 80.2 Å². The summed E-state index contributed by atoms with van der Waals surface area (Å²) in [6.07, 6.45) is 72.4. The van der Waals surface area contributed by atoms with E-state index in [-0.39, 0.29) is 25.7 Å². The second-order valence-corrected chi connectivity index (χ2v) is 27.4. The molecule has 552 valence electrons. The zero-order valence-corrected chi connectivity index (χ0v) is 61.8. The van der Waals surface area contributed by atoms with Crippen LogP contribution in [0, 0.1) is 0 Å². The third-order valence-corrected chi connectivity index (χ3v) is 17.1. The minimum absolute atomic E-state index is 0.0741. The molecule has 0 aliphatic carbocycles. The summed E-state index contributed by atoms with van der Waals surface area (Å²) in [5.74, 6) is -2.25. The number of phosphoric ester groups is 2. The van der Waals surface area contributed by atoms with Crippen LogP contribution in [0.2, 0.25) is 0 Å². The fourth-order valence-corrected chi connectivity index (χ4v) is 11.1. The largest absolute Gasteiger partial charge is 0.472 e. The number of hydrogen-bond acceptors (Lipinski definition) is 15. The molecule has 19 heteroatoms. The minimum atomic E-state index is -4.98. The van der Waals surface area contributed by atoms with E-state index in [0.717, 1.165) is 180 Å². The Morgan fingerprint density at radius 2 is 0.552 bits per heavy atom. The topological polar surface area (TPSA) is 237 Å². The maximum Gasteiger partial charge on any atom is 0.472 e. The van der Waals surface area contributed by atoms with Crippen molar-refractivity contribution in [3.8, 4) is 0 Å². The highest BCUT2D eigenvalue weighted by Crippen LogP contribution is 2.45. The molecule has 5 atom stereocenters. The fourth-order valence-electron chi connectivity index (χ4n) is 9.55. The normalized spacial score (nSPS) is 14.6. The van der Waals surface area contributed by atoms with E-state index in [2.05, 4.69) is 137 Å². The van der Waals surface area contributed by atoms with Crippen LogP contribution in [-0.2, 0) is 65.4 Å². The van der Waals surface area contributed by atoms with Crippen molar-refractivity contribution >= 4 is 39.5 Å². The van der Waals surface area contributed by atoms with Gasteiger partial charge in [0.05, 0.1) is 26.4 Å². The number of rotatable bonds is 69. The van der Waals surface area contributed by atoms with Crippen LogP contribution in [0.15, 0.2) is 109 Å². The molecule has 0 heterocycles. The van der Waals surface area contributed by atoms with Gasteiger partial charge in [0.2, 0.25) is 0 Å². The number of carbonyl (C=O) groups is 4. The molecule has 17 nitrogen and oxygen atoms in total. The molecule has 0 saturated carbocycles. The van der Waals surface area contributed by atoms with Gasteiger partial charge >= 0.3 is 39.5 Å². The lowest BCUT2D eigenvalue weighted by Gasteiger charge is -2.21. The Kier molecular flexibility index (Phi) is 66.1. The highest BCUT2D eigenvalue weighted by atomic mass is 31.2. The number of esters is 4. The van der Waals surface area contributed by atoms with Gasteiger partial charge in [0.25, 0.3) is 0 Å². The van der Waals surface area contributed by atoms with Gasteiger partial charge < -0.3 is 33.8 Å². The molecule has 5 unspecified atom stereocenters. The molecule has 0 spiro atoms. The summed E-state index contributed by atoms with van der Waals surface area (Å²) >= 11 is 0. The van der Waals surface area contributed by atoms with Crippen molar-refractivity contribution in [2.45, 2.75) is 316 Å². The third-order valence-electron chi connectivity index (χ3n) is 15.2. The van der Waals surface area contributed by atoms with E-state index in [9.17, 15) is 43.2 Å². The molecule has 96 heavy (non-hydrogen) atoms. The fraction of sp³-hybridized carbons (Fsp3) is 0.714. The molecule has 0 amide bonds. The van der Waals surface area contributed by atoms with E-state index in [1.165, 1.54) is 38.5 Å². The van der Waals surface area contributed by atoms with Crippen molar-refractivity contribution in [1.82, 2.24) is 0 Å². The molecular formula is C77H132O17P2. The van der Waals surface area contributed by atoms with Crippen LogP contribution in [0.1, 0.15) is 297 Å². The summed E-state index contributed by atoms with van der Waals surface area (Å²) in [5.41, 5.74) is 0. The van der Waals surface area contributed by atoms with Gasteiger partial charge in [-0.2, -0.15) is 0 Å². The first kappa shape index (κ1) is 91.7. The van der Waals surface area contributed by atoms with Crippen molar-refractivity contribution in [2.75, 3.05) is 39.6 Å². The molecular weight excluding hydrogens is 1260 g/mol. The van der Waals surface area contributed by atoms with Gasteiger partial charge in [0.1, 0.15) is 19.3 Å². The molecule has 0 fully saturated rings. The molecule has 0 aliphatic heterocycles. The van der Waals surface area contributed by atoms with E-state index in [1.807, 2.05) is 0 Å². The van der Waals surface area contributed by atoms with Crippen molar-refractivity contribution in [3.05, 3.63) is 109 Å². The number of aliphatic hydroxyl groups excluding tert-OH is 1. The summed E-state index contributed by atoms with van der Waals surface area (Å²) in [4.78, 5) is 72.7. The number of carbonyl (C=O) groups excluding carboxylic acids is 4. The van der Waals surface area contributed by atoms with E-state index in [1.54, 1.807) is 0 Å². The summed E-state index contributed by atoms with van der Waals surface area (Å²) in [5, 5.41) is 10.6. The maximum absolute atomic E-state index is 13.1. The lowest BCUT2D eigenvalue weighted by atomic mass is 10.1. The number of allylic oxidation sites excluding steroid dienone is 18. The monoisotopic (exact) mass is 1390 g/mol.